The second-order valence-corrected chi connectivity index (χ2v) is 5.83. The van der Waals surface area contributed by atoms with Gasteiger partial charge in [0.25, 0.3) is 5.88 Å². The third-order valence-electron chi connectivity index (χ3n) is 3.71. The first-order valence-electron chi connectivity index (χ1n) is 8.02. The molecular weight excluding hydrogens is 302 g/mol. The molecule has 0 aliphatic carbocycles. The van der Waals surface area contributed by atoms with Gasteiger partial charge >= 0.3 is 5.97 Å². The van der Waals surface area contributed by atoms with Gasteiger partial charge in [0.15, 0.2) is 12.1 Å². The Morgan fingerprint density at radius 2 is 2.22 bits per heavy atom. The zero-order valence-electron chi connectivity index (χ0n) is 13.9. The highest BCUT2D eigenvalue weighted by Gasteiger charge is 2.29. The van der Waals surface area contributed by atoms with E-state index in [1.807, 2.05) is 13.8 Å². The number of methoxy groups -OCH3 is 1. The minimum Gasteiger partial charge on any atom is -0.473 e. The van der Waals surface area contributed by atoms with E-state index in [1.165, 1.54) is 7.11 Å². The highest BCUT2D eigenvalue weighted by molar-refractivity contribution is 5.77. The van der Waals surface area contributed by atoms with Gasteiger partial charge in [0.05, 0.1) is 13.7 Å². The van der Waals surface area contributed by atoms with E-state index in [9.17, 15) is 4.79 Å². The summed E-state index contributed by atoms with van der Waals surface area (Å²) in [4.78, 5) is 11.8. The second kappa shape index (κ2) is 8.88. The third-order valence-corrected chi connectivity index (χ3v) is 3.71. The molecule has 2 heterocycles. The molecule has 2 rings (SSSR count). The van der Waals surface area contributed by atoms with Crippen molar-refractivity contribution in [1.29, 1.82) is 0 Å². The molecule has 1 aliphatic rings. The summed E-state index contributed by atoms with van der Waals surface area (Å²) < 4.78 is 26.5. The summed E-state index contributed by atoms with van der Waals surface area (Å²) in [6.07, 6.45) is 3.01. The number of ether oxygens (including phenoxy) is 4. The molecule has 1 fully saturated rings. The average molecular weight is 327 g/mol. The smallest absolute Gasteiger partial charge is 0.316 e. The lowest BCUT2D eigenvalue weighted by atomic mass is 9.93. The Balaban J connectivity index is 1.78. The van der Waals surface area contributed by atoms with Crippen LogP contribution in [-0.4, -0.2) is 44.3 Å². The number of esters is 1. The second-order valence-electron chi connectivity index (χ2n) is 5.83. The monoisotopic (exact) mass is 327 g/mol. The van der Waals surface area contributed by atoms with E-state index < -0.39 is 5.92 Å². The van der Waals surface area contributed by atoms with Crippen molar-refractivity contribution < 1.29 is 28.3 Å². The molecule has 0 N–H and O–H groups in total. The molecule has 0 spiro atoms. The van der Waals surface area contributed by atoms with Crippen molar-refractivity contribution in [2.24, 2.45) is 5.92 Å². The van der Waals surface area contributed by atoms with Crippen LogP contribution in [-0.2, 0) is 19.0 Å². The summed E-state index contributed by atoms with van der Waals surface area (Å²) in [6, 6.07) is 1.62. The molecule has 23 heavy (non-hydrogen) atoms. The van der Waals surface area contributed by atoms with E-state index in [1.54, 1.807) is 6.07 Å². The van der Waals surface area contributed by atoms with Crippen LogP contribution in [0.1, 0.15) is 44.8 Å². The number of hydrogen-bond donors (Lipinski definition) is 0. The van der Waals surface area contributed by atoms with E-state index in [0.29, 0.717) is 24.9 Å². The minimum absolute atomic E-state index is 0.0371. The predicted octanol–water partition coefficient (Wildman–Crippen LogP) is 2.51. The van der Waals surface area contributed by atoms with Crippen molar-refractivity contribution in [3.8, 4) is 5.88 Å². The molecule has 0 aromatic carbocycles. The lowest BCUT2D eigenvalue weighted by Gasteiger charge is -2.22. The van der Waals surface area contributed by atoms with Crippen molar-refractivity contribution >= 4 is 5.97 Å². The molecule has 1 aromatic rings. The molecule has 7 heteroatoms. The fourth-order valence-corrected chi connectivity index (χ4v) is 2.50. The molecule has 1 saturated heterocycles. The fraction of sp³-hybridized carbons (Fsp3) is 0.750. The summed E-state index contributed by atoms with van der Waals surface area (Å²) >= 11 is 0. The first-order chi connectivity index (χ1) is 11.1. The molecule has 0 saturated carbocycles. The maximum atomic E-state index is 11.8. The molecule has 0 bridgehead atoms. The lowest BCUT2D eigenvalue weighted by Crippen LogP contribution is -2.24. The topological polar surface area (TPSA) is 80.0 Å². The molecule has 130 valence electrons. The molecule has 2 atom stereocenters. The van der Waals surface area contributed by atoms with E-state index in [2.05, 4.69) is 5.16 Å². The Morgan fingerprint density at radius 1 is 1.39 bits per heavy atom. The van der Waals surface area contributed by atoms with E-state index in [0.717, 1.165) is 25.9 Å². The lowest BCUT2D eigenvalue weighted by molar-refractivity contribution is -0.165. The Kier molecular flexibility index (Phi) is 6.85. The van der Waals surface area contributed by atoms with Gasteiger partial charge in [-0.05, 0) is 30.3 Å². The van der Waals surface area contributed by atoms with Crippen molar-refractivity contribution in [3.63, 3.8) is 0 Å². The Hall–Kier alpha value is -1.60. The van der Waals surface area contributed by atoms with Crippen LogP contribution in [0.15, 0.2) is 10.6 Å². The van der Waals surface area contributed by atoms with Gasteiger partial charge in [0.1, 0.15) is 12.5 Å². The van der Waals surface area contributed by atoms with Crippen molar-refractivity contribution in [2.45, 2.75) is 45.3 Å². The van der Waals surface area contributed by atoms with Crippen LogP contribution in [0.3, 0.4) is 0 Å². The van der Waals surface area contributed by atoms with Gasteiger partial charge in [-0.25, -0.2) is 0 Å². The van der Waals surface area contributed by atoms with E-state index in [4.69, 9.17) is 23.5 Å². The van der Waals surface area contributed by atoms with Gasteiger partial charge in [-0.3, -0.25) is 4.79 Å². The first kappa shape index (κ1) is 17.7. The average Bonchev–Trinajstić information content (AvgIpc) is 3.00. The predicted molar refractivity (Wildman–Crippen MR) is 81.1 cm³/mol. The number of nitrogens with zero attached hydrogens (tertiary/aromatic N) is 1. The minimum atomic E-state index is -0.489. The van der Waals surface area contributed by atoms with Crippen LogP contribution in [0.4, 0.5) is 0 Å². The summed E-state index contributed by atoms with van der Waals surface area (Å²) in [5.74, 6) is -0.0200. The zero-order valence-corrected chi connectivity index (χ0v) is 13.9. The van der Waals surface area contributed by atoms with Gasteiger partial charge in [-0.2, -0.15) is 0 Å². The zero-order chi connectivity index (χ0) is 16.7. The van der Waals surface area contributed by atoms with Crippen LogP contribution in [0.25, 0.3) is 0 Å². The number of hydrogen-bond acceptors (Lipinski definition) is 7. The van der Waals surface area contributed by atoms with Gasteiger partial charge in [-0.15, -0.1) is 0 Å². The molecule has 1 aromatic heterocycles. The summed E-state index contributed by atoms with van der Waals surface area (Å²) in [7, 11) is 1.36. The van der Waals surface area contributed by atoms with Crippen LogP contribution in [0.5, 0.6) is 5.88 Å². The molecular formula is C16H25NO6. The van der Waals surface area contributed by atoms with Gasteiger partial charge in [0.2, 0.25) is 0 Å². The first-order valence-corrected chi connectivity index (χ1v) is 8.02. The maximum absolute atomic E-state index is 11.8. The maximum Gasteiger partial charge on any atom is 0.316 e. The number of aromatic nitrogens is 1. The number of carbonyl (C=O) groups is 1. The summed E-state index contributed by atoms with van der Waals surface area (Å²) in [5.41, 5.74) is 0. The fourth-order valence-electron chi connectivity index (χ4n) is 2.50. The molecule has 0 radical (unpaired) electrons. The molecule has 7 nitrogen and oxygen atoms in total. The normalized spacial score (nSPS) is 19.6. The van der Waals surface area contributed by atoms with Crippen LogP contribution >= 0.6 is 0 Å². The molecule has 0 amide bonds. The van der Waals surface area contributed by atoms with Crippen molar-refractivity contribution in [3.05, 3.63) is 11.8 Å². The number of rotatable bonds is 8. The Labute approximate surface area is 136 Å². The number of carbonyl (C=O) groups excluding carboxylic acids is 1. The van der Waals surface area contributed by atoms with E-state index >= 15 is 0 Å². The van der Waals surface area contributed by atoms with Crippen LogP contribution in [0.2, 0.25) is 0 Å². The van der Waals surface area contributed by atoms with Crippen molar-refractivity contribution in [2.75, 3.05) is 26.9 Å². The van der Waals surface area contributed by atoms with E-state index in [-0.39, 0.29) is 18.2 Å². The van der Waals surface area contributed by atoms with Crippen molar-refractivity contribution in [1.82, 2.24) is 5.16 Å². The van der Waals surface area contributed by atoms with Gasteiger partial charge < -0.3 is 23.5 Å². The highest BCUT2D eigenvalue weighted by Crippen LogP contribution is 2.28. The summed E-state index contributed by atoms with van der Waals surface area (Å²) in [5, 5.41) is 3.83. The molecule has 2 unspecified atom stereocenters. The largest absolute Gasteiger partial charge is 0.473 e. The third kappa shape index (κ3) is 5.21. The van der Waals surface area contributed by atoms with Gasteiger partial charge in [0, 0.05) is 12.7 Å². The SMILES string of the molecule is COC(=O)C(c1cc(OCCOC2CCCCO2)no1)C(C)C. The van der Waals surface area contributed by atoms with Crippen LogP contribution in [0, 0.1) is 5.92 Å². The standard InChI is InChI=1S/C16H25NO6/c1-11(2)15(16(18)19-3)12-10-13(17-23-12)20-8-9-22-14-6-4-5-7-21-14/h10-11,14-15H,4-9H2,1-3H3. The highest BCUT2D eigenvalue weighted by atomic mass is 16.7. The molecule has 1 aliphatic heterocycles. The summed E-state index contributed by atoms with van der Waals surface area (Å²) in [6.45, 7) is 5.35. The van der Waals surface area contributed by atoms with Crippen LogP contribution < -0.4 is 4.74 Å². The van der Waals surface area contributed by atoms with Gasteiger partial charge in [-0.1, -0.05) is 13.8 Å². The quantitative estimate of drug-likeness (QED) is 0.536. The Morgan fingerprint density at radius 3 is 2.87 bits per heavy atom. The Bertz CT molecular complexity index is 481.